The van der Waals surface area contributed by atoms with Crippen LogP contribution in [0, 0.1) is 0 Å². The zero-order valence-corrected chi connectivity index (χ0v) is 9.30. The van der Waals surface area contributed by atoms with Crippen molar-refractivity contribution in [1.82, 2.24) is 0 Å². The number of rotatable bonds is 5. The highest BCUT2D eigenvalue weighted by molar-refractivity contribution is 5.47. The van der Waals surface area contributed by atoms with Crippen LogP contribution in [0.5, 0.6) is 11.5 Å². The van der Waals surface area contributed by atoms with Crippen LogP contribution in [0.1, 0.15) is 17.6 Å². The Balaban J connectivity index is 3.22. The lowest BCUT2D eigenvalue weighted by molar-refractivity contribution is 0.146. The number of ether oxygens (including phenoxy) is 2. The summed E-state index contributed by atoms with van der Waals surface area (Å²) in [6, 6.07) is 2.85. The van der Waals surface area contributed by atoms with Gasteiger partial charge in [0.25, 0.3) is 6.43 Å². The van der Waals surface area contributed by atoms with Gasteiger partial charge in [-0.2, -0.15) is 0 Å². The lowest BCUT2D eigenvalue weighted by Gasteiger charge is -2.14. The Bertz CT molecular complexity index is 356. The highest BCUT2D eigenvalue weighted by Gasteiger charge is 2.17. The lowest BCUT2D eigenvalue weighted by Crippen LogP contribution is -2.05. The fourth-order valence-electron chi connectivity index (χ4n) is 1.51. The van der Waals surface area contributed by atoms with Crippen molar-refractivity contribution >= 4 is 0 Å². The summed E-state index contributed by atoms with van der Waals surface area (Å²) in [5, 5.41) is 0. The molecule has 1 aromatic rings. The van der Waals surface area contributed by atoms with E-state index in [1.807, 2.05) is 0 Å². The van der Waals surface area contributed by atoms with Gasteiger partial charge in [-0.15, -0.1) is 0 Å². The number of benzene rings is 1. The smallest absolute Gasteiger partial charge is 0.267 e. The Hall–Kier alpha value is -1.36. The maximum atomic E-state index is 12.7. The Morgan fingerprint density at radius 3 is 2.25 bits per heavy atom. The first-order valence-corrected chi connectivity index (χ1v) is 4.87. The second kappa shape index (κ2) is 5.65. The monoisotopic (exact) mass is 231 g/mol. The topological polar surface area (TPSA) is 44.5 Å². The molecule has 0 bridgehead atoms. The highest BCUT2D eigenvalue weighted by Crippen LogP contribution is 2.35. The molecule has 90 valence electrons. The Morgan fingerprint density at radius 1 is 1.19 bits per heavy atom. The van der Waals surface area contributed by atoms with Gasteiger partial charge in [0.15, 0.2) is 0 Å². The van der Waals surface area contributed by atoms with E-state index in [1.54, 1.807) is 6.07 Å². The SMILES string of the molecule is COc1cc(C(F)F)c(OC)cc1CCN. The maximum Gasteiger partial charge on any atom is 0.267 e. The third kappa shape index (κ3) is 2.61. The normalized spacial score (nSPS) is 10.6. The largest absolute Gasteiger partial charge is 0.496 e. The molecule has 5 heteroatoms. The van der Waals surface area contributed by atoms with Crippen molar-refractivity contribution in [2.45, 2.75) is 12.8 Å². The highest BCUT2D eigenvalue weighted by atomic mass is 19.3. The van der Waals surface area contributed by atoms with Crippen LogP contribution in [-0.2, 0) is 6.42 Å². The molecule has 0 aliphatic heterocycles. The number of alkyl halides is 2. The van der Waals surface area contributed by atoms with E-state index >= 15 is 0 Å². The van der Waals surface area contributed by atoms with Gasteiger partial charge < -0.3 is 15.2 Å². The third-order valence-electron chi connectivity index (χ3n) is 2.28. The van der Waals surface area contributed by atoms with Gasteiger partial charge in [-0.05, 0) is 30.7 Å². The van der Waals surface area contributed by atoms with E-state index in [0.29, 0.717) is 18.7 Å². The zero-order valence-electron chi connectivity index (χ0n) is 9.30. The average molecular weight is 231 g/mol. The van der Waals surface area contributed by atoms with Crippen molar-refractivity contribution in [3.05, 3.63) is 23.3 Å². The molecule has 0 saturated carbocycles. The first-order valence-electron chi connectivity index (χ1n) is 4.87. The van der Waals surface area contributed by atoms with E-state index in [0.717, 1.165) is 5.56 Å². The molecule has 1 rings (SSSR count). The molecule has 3 nitrogen and oxygen atoms in total. The zero-order chi connectivity index (χ0) is 12.1. The molecule has 0 aliphatic carbocycles. The standard InChI is InChI=1S/C11H15F2NO2/c1-15-9-6-8(11(12)13)10(16-2)5-7(9)3-4-14/h5-6,11H,3-4,14H2,1-2H3. The molecule has 0 saturated heterocycles. The van der Waals surface area contributed by atoms with Gasteiger partial charge in [0.2, 0.25) is 0 Å². The molecule has 0 aliphatic rings. The number of methoxy groups -OCH3 is 2. The Labute approximate surface area is 93.2 Å². The van der Waals surface area contributed by atoms with Crippen LogP contribution in [0.25, 0.3) is 0 Å². The molecular weight excluding hydrogens is 216 g/mol. The van der Waals surface area contributed by atoms with Crippen LogP contribution in [0.2, 0.25) is 0 Å². The minimum Gasteiger partial charge on any atom is -0.496 e. The van der Waals surface area contributed by atoms with Crippen LogP contribution < -0.4 is 15.2 Å². The summed E-state index contributed by atoms with van der Waals surface area (Å²) >= 11 is 0. The van der Waals surface area contributed by atoms with Crippen LogP contribution >= 0.6 is 0 Å². The van der Waals surface area contributed by atoms with Gasteiger partial charge in [-0.3, -0.25) is 0 Å². The van der Waals surface area contributed by atoms with Gasteiger partial charge in [0.05, 0.1) is 19.8 Å². The van der Waals surface area contributed by atoms with Crippen LogP contribution in [0.4, 0.5) is 8.78 Å². The van der Waals surface area contributed by atoms with E-state index in [9.17, 15) is 8.78 Å². The first kappa shape index (κ1) is 12.7. The summed E-state index contributed by atoms with van der Waals surface area (Å²) in [5.74, 6) is 0.584. The van der Waals surface area contributed by atoms with Crippen molar-refractivity contribution < 1.29 is 18.3 Å². The second-order valence-electron chi connectivity index (χ2n) is 3.25. The molecule has 2 N–H and O–H groups in total. The van der Waals surface area contributed by atoms with Gasteiger partial charge in [-0.1, -0.05) is 0 Å². The van der Waals surface area contributed by atoms with E-state index in [-0.39, 0.29) is 11.3 Å². The number of halogens is 2. The van der Waals surface area contributed by atoms with Crippen molar-refractivity contribution in [2.24, 2.45) is 5.73 Å². The fourth-order valence-corrected chi connectivity index (χ4v) is 1.51. The van der Waals surface area contributed by atoms with Crippen molar-refractivity contribution in [3.8, 4) is 11.5 Å². The minimum absolute atomic E-state index is 0.166. The number of nitrogens with two attached hydrogens (primary N) is 1. The summed E-state index contributed by atoms with van der Waals surface area (Å²) in [4.78, 5) is 0. The van der Waals surface area contributed by atoms with Crippen LogP contribution in [0.3, 0.4) is 0 Å². The van der Waals surface area contributed by atoms with E-state index in [1.165, 1.54) is 20.3 Å². The maximum absolute atomic E-state index is 12.7. The lowest BCUT2D eigenvalue weighted by atomic mass is 10.1. The number of hydrogen-bond donors (Lipinski definition) is 1. The minimum atomic E-state index is -2.59. The molecule has 16 heavy (non-hydrogen) atoms. The predicted octanol–water partition coefficient (Wildman–Crippen LogP) is 2.14. The summed E-state index contributed by atoms with van der Waals surface area (Å²) in [5.41, 5.74) is 6.03. The molecule has 0 radical (unpaired) electrons. The van der Waals surface area contributed by atoms with Gasteiger partial charge in [-0.25, -0.2) is 8.78 Å². The summed E-state index contributed by atoms with van der Waals surface area (Å²) < 4.78 is 35.3. The second-order valence-corrected chi connectivity index (χ2v) is 3.25. The van der Waals surface area contributed by atoms with Crippen LogP contribution in [0.15, 0.2) is 12.1 Å². The quantitative estimate of drug-likeness (QED) is 0.844. The molecule has 0 atom stereocenters. The summed E-state index contributed by atoms with van der Waals surface area (Å²) in [6.45, 7) is 0.424. The predicted molar refractivity (Wildman–Crippen MR) is 57.3 cm³/mol. The third-order valence-corrected chi connectivity index (χ3v) is 2.28. The van der Waals surface area contributed by atoms with Gasteiger partial charge >= 0.3 is 0 Å². The van der Waals surface area contributed by atoms with E-state index in [2.05, 4.69) is 0 Å². The fraction of sp³-hybridized carbons (Fsp3) is 0.455. The molecule has 0 spiro atoms. The van der Waals surface area contributed by atoms with Gasteiger partial charge in [0, 0.05) is 0 Å². The van der Waals surface area contributed by atoms with Crippen molar-refractivity contribution in [1.29, 1.82) is 0 Å². The first-order chi connectivity index (χ1) is 7.63. The van der Waals surface area contributed by atoms with E-state index < -0.39 is 6.43 Å². The molecular formula is C11H15F2NO2. The Kier molecular flexibility index (Phi) is 4.49. The molecule has 1 aromatic carbocycles. The van der Waals surface area contributed by atoms with E-state index in [4.69, 9.17) is 15.2 Å². The van der Waals surface area contributed by atoms with Crippen molar-refractivity contribution in [3.63, 3.8) is 0 Å². The summed E-state index contributed by atoms with van der Waals surface area (Å²) in [6.07, 6.45) is -2.03. The molecule has 0 amide bonds. The molecule has 0 aromatic heterocycles. The molecule has 0 heterocycles. The summed E-state index contributed by atoms with van der Waals surface area (Å²) in [7, 11) is 2.80. The average Bonchev–Trinajstić information content (AvgIpc) is 2.28. The van der Waals surface area contributed by atoms with Crippen LogP contribution in [-0.4, -0.2) is 20.8 Å². The van der Waals surface area contributed by atoms with Gasteiger partial charge in [0.1, 0.15) is 11.5 Å². The number of hydrogen-bond acceptors (Lipinski definition) is 3. The molecule has 0 unspecified atom stereocenters. The molecule has 0 fully saturated rings. The Morgan fingerprint density at radius 2 is 1.81 bits per heavy atom. The van der Waals surface area contributed by atoms with Crippen molar-refractivity contribution in [2.75, 3.05) is 20.8 Å².